The summed E-state index contributed by atoms with van der Waals surface area (Å²) >= 11 is 6.09. The summed E-state index contributed by atoms with van der Waals surface area (Å²) in [5.41, 5.74) is 3.29. The first kappa shape index (κ1) is 23.5. The van der Waals surface area contributed by atoms with E-state index in [1.165, 1.54) is 24.3 Å². The number of aromatic amines is 1. The summed E-state index contributed by atoms with van der Waals surface area (Å²) in [7, 11) is 0. The minimum Gasteiger partial charge on any atom is -0.480 e. The smallest absolute Gasteiger partial charge is 0.325 e. The zero-order valence-electron chi connectivity index (χ0n) is 18.8. The maximum absolute atomic E-state index is 13.6. The Bertz CT molecular complexity index is 1290. The molecule has 1 fully saturated rings. The minimum atomic E-state index is -0.914. The van der Waals surface area contributed by atoms with E-state index in [0.717, 1.165) is 22.0 Å². The molecule has 1 unspecified atom stereocenters. The SMILES string of the molecule is O=C(O)C(c1c[nH]c2cc(Cl)ccc12)N1CCN(C(c2ccc(F)cc2)c2ccc(F)cc2)CC1. The van der Waals surface area contributed by atoms with Crippen LogP contribution in [-0.2, 0) is 4.79 Å². The van der Waals surface area contributed by atoms with Crippen LogP contribution in [0.15, 0.2) is 72.9 Å². The van der Waals surface area contributed by atoms with Gasteiger partial charge in [-0.15, -0.1) is 0 Å². The molecule has 4 aromatic rings. The van der Waals surface area contributed by atoms with Crippen LogP contribution < -0.4 is 0 Å². The number of carboxylic acids is 1. The second-order valence-corrected chi connectivity index (χ2v) is 9.19. The molecule has 0 aliphatic carbocycles. The van der Waals surface area contributed by atoms with Crippen LogP contribution in [0.1, 0.15) is 28.8 Å². The number of carbonyl (C=O) groups is 1. The predicted octanol–water partition coefficient (Wildman–Crippen LogP) is 5.63. The molecule has 1 saturated heterocycles. The Balaban J connectivity index is 1.40. The Labute approximate surface area is 206 Å². The number of carboxylic acid groups (broad SMARTS) is 1. The number of piperazine rings is 1. The van der Waals surface area contributed by atoms with E-state index in [1.54, 1.807) is 42.6 Å². The third-order valence-corrected chi connectivity index (χ3v) is 6.89. The Hall–Kier alpha value is -3.26. The number of aliphatic carboxylic acids is 1. The molecule has 0 saturated carbocycles. The fourth-order valence-electron chi connectivity index (χ4n) is 4.99. The van der Waals surface area contributed by atoms with E-state index in [-0.39, 0.29) is 17.7 Å². The minimum absolute atomic E-state index is 0.197. The molecular weight excluding hydrogens is 472 g/mol. The third-order valence-electron chi connectivity index (χ3n) is 6.65. The molecule has 0 spiro atoms. The second kappa shape index (κ2) is 9.77. The van der Waals surface area contributed by atoms with Crippen LogP contribution in [-0.4, -0.2) is 52.0 Å². The van der Waals surface area contributed by atoms with Crippen molar-refractivity contribution in [3.63, 3.8) is 0 Å². The van der Waals surface area contributed by atoms with Crippen LogP contribution in [0.4, 0.5) is 8.78 Å². The lowest BCUT2D eigenvalue weighted by atomic mass is 9.95. The van der Waals surface area contributed by atoms with Crippen LogP contribution in [0.3, 0.4) is 0 Å². The highest BCUT2D eigenvalue weighted by Gasteiger charge is 2.34. The number of hydrogen-bond donors (Lipinski definition) is 2. The van der Waals surface area contributed by atoms with Crippen molar-refractivity contribution in [3.05, 3.63) is 106 Å². The lowest BCUT2D eigenvalue weighted by molar-refractivity contribution is -0.144. The maximum atomic E-state index is 13.6. The summed E-state index contributed by atoms with van der Waals surface area (Å²) in [5, 5.41) is 11.5. The summed E-state index contributed by atoms with van der Waals surface area (Å²) < 4.78 is 27.2. The van der Waals surface area contributed by atoms with Gasteiger partial charge in [0.05, 0.1) is 6.04 Å². The Morgan fingerprint density at radius 2 is 1.40 bits per heavy atom. The molecule has 0 bridgehead atoms. The van der Waals surface area contributed by atoms with Crippen molar-refractivity contribution in [2.45, 2.75) is 12.1 Å². The van der Waals surface area contributed by atoms with Crippen molar-refractivity contribution in [3.8, 4) is 0 Å². The number of H-pyrrole nitrogens is 1. The Kier molecular flexibility index (Phi) is 6.56. The molecule has 8 heteroatoms. The first-order valence-corrected chi connectivity index (χ1v) is 11.8. The standard InChI is InChI=1S/C27H24ClF2N3O2/c28-19-5-10-22-23(16-31-24(22)15-19)26(27(34)35)33-13-11-32(12-14-33)25(17-1-6-20(29)7-2-17)18-3-8-21(30)9-4-18/h1-10,15-16,25-26,31H,11-14H2,(H,34,35). The predicted molar refractivity (Wildman–Crippen MR) is 131 cm³/mol. The normalized spacial score (nSPS) is 16.1. The Morgan fingerprint density at radius 3 is 1.94 bits per heavy atom. The van der Waals surface area contributed by atoms with E-state index in [1.807, 2.05) is 11.0 Å². The molecule has 0 amide bonds. The lowest BCUT2D eigenvalue weighted by Crippen LogP contribution is -2.50. The molecule has 1 aromatic heterocycles. The molecule has 35 heavy (non-hydrogen) atoms. The van der Waals surface area contributed by atoms with Gasteiger partial charge in [0.25, 0.3) is 0 Å². The number of fused-ring (bicyclic) bond motifs is 1. The van der Waals surface area contributed by atoms with Gasteiger partial charge in [-0.25, -0.2) is 8.78 Å². The molecule has 5 rings (SSSR count). The molecule has 180 valence electrons. The fraction of sp³-hybridized carbons (Fsp3) is 0.222. The van der Waals surface area contributed by atoms with Crippen LogP contribution in [0, 0.1) is 11.6 Å². The monoisotopic (exact) mass is 495 g/mol. The first-order valence-electron chi connectivity index (χ1n) is 11.4. The number of rotatable bonds is 6. The van der Waals surface area contributed by atoms with Crippen LogP contribution in [0.25, 0.3) is 10.9 Å². The average Bonchev–Trinajstić information content (AvgIpc) is 3.25. The molecule has 5 nitrogen and oxygen atoms in total. The van der Waals surface area contributed by atoms with E-state index in [4.69, 9.17) is 11.6 Å². The van der Waals surface area contributed by atoms with Gasteiger partial charge in [0.1, 0.15) is 17.7 Å². The quantitative estimate of drug-likeness (QED) is 0.364. The van der Waals surface area contributed by atoms with Gasteiger partial charge in [-0.2, -0.15) is 0 Å². The zero-order chi connectivity index (χ0) is 24.5. The largest absolute Gasteiger partial charge is 0.480 e. The summed E-state index contributed by atoms with van der Waals surface area (Å²) in [6.07, 6.45) is 1.74. The summed E-state index contributed by atoms with van der Waals surface area (Å²) in [6.45, 7) is 2.24. The van der Waals surface area contributed by atoms with Crippen molar-refractivity contribution >= 4 is 28.5 Å². The van der Waals surface area contributed by atoms with Crippen molar-refractivity contribution in [1.29, 1.82) is 0 Å². The molecule has 3 aromatic carbocycles. The van der Waals surface area contributed by atoms with Gasteiger partial charge < -0.3 is 10.1 Å². The van der Waals surface area contributed by atoms with E-state index < -0.39 is 12.0 Å². The highest BCUT2D eigenvalue weighted by molar-refractivity contribution is 6.31. The van der Waals surface area contributed by atoms with Gasteiger partial charge in [-0.05, 0) is 47.5 Å². The Morgan fingerprint density at radius 1 is 0.857 bits per heavy atom. The molecule has 0 radical (unpaired) electrons. The molecule has 1 aliphatic rings. The molecule has 2 N–H and O–H groups in total. The zero-order valence-corrected chi connectivity index (χ0v) is 19.6. The van der Waals surface area contributed by atoms with Crippen molar-refractivity contribution < 1.29 is 18.7 Å². The van der Waals surface area contributed by atoms with E-state index >= 15 is 0 Å². The average molecular weight is 496 g/mol. The highest BCUT2D eigenvalue weighted by atomic mass is 35.5. The molecule has 1 aliphatic heterocycles. The number of halogens is 3. The summed E-state index contributed by atoms with van der Waals surface area (Å²) in [4.78, 5) is 19.7. The number of nitrogens with zero attached hydrogens (tertiary/aromatic N) is 2. The van der Waals surface area contributed by atoms with Crippen molar-refractivity contribution in [2.75, 3.05) is 26.2 Å². The van der Waals surface area contributed by atoms with Gasteiger partial charge in [0.15, 0.2) is 0 Å². The molecular formula is C27H24ClF2N3O2. The highest BCUT2D eigenvalue weighted by Crippen LogP contribution is 2.34. The van der Waals surface area contributed by atoms with Gasteiger partial charge in [-0.1, -0.05) is 41.9 Å². The summed E-state index contributed by atoms with van der Waals surface area (Å²) in [6, 6.07) is 17.0. The fourth-order valence-corrected chi connectivity index (χ4v) is 5.16. The lowest BCUT2D eigenvalue weighted by Gasteiger charge is -2.41. The number of hydrogen-bond acceptors (Lipinski definition) is 3. The topological polar surface area (TPSA) is 59.6 Å². The summed E-state index contributed by atoms with van der Waals surface area (Å²) in [5.74, 6) is -1.55. The third kappa shape index (κ3) is 4.80. The molecule has 1 atom stereocenters. The number of benzene rings is 3. The second-order valence-electron chi connectivity index (χ2n) is 8.75. The number of nitrogens with one attached hydrogen (secondary N) is 1. The van der Waals surface area contributed by atoms with E-state index in [9.17, 15) is 18.7 Å². The van der Waals surface area contributed by atoms with Gasteiger partial charge >= 0.3 is 5.97 Å². The van der Waals surface area contributed by atoms with E-state index in [0.29, 0.717) is 36.8 Å². The van der Waals surface area contributed by atoms with Gasteiger partial charge in [0, 0.05) is 53.9 Å². The van der Waals surface area contributed by atoms with Gasteiger partial charge in [0.2, 0.25) is 0 Å². The first-order chi connectivity index (χ1) is 16.9. The number of aromatic nitrogens is 1. The van der Waals surface area contributed by atoms with Crippen molar-refractivity contribution in [2.24, 2.45) is 0 Å². The van der Waals surface area contributed by atoms with Gasteiger partial charge in [-0.3, -0.25) is 14.6 Å². The molecule has 2 heterocycles. The van der Waals surface area contributed by atoms with Crippen molar-refractivity contribution in [1.82, 2.24) is 14.8 Å². The van der Waals surface area contributed by atoms with E-state index in [2.05, 4.69) is 9.88 Å². The van der Waals surface area contributed by atoms with Crippen LogP contribution in [0.2, 0.25) is 5.02 Å². The van der Waals surface area contributed by atoms with Crippen LogP contribution in [0.5, 0.6) is 0 Å². The van der Waals surface area contributed by atoms with Crippen LogP contribution >= 0.6 is 11.6 Å². The maximum Gasteiger partial charge on any atom is 0.325 e.